The minimum Gasteiger partial charge on any atom is -0.396 e. The molecule has 128 valence electrons. The minimum atomic E-state index is 0.268. The number of hydroxylamine groups is 1. The van der Waals surface area contributed by atoms with Crippen LogP contribution < -0.4 is 5.06 Å². The van der Waals surface area contributed by atoms with Crippen molar-refractivity contribution in [2.24, 2.45) is 11.8 Å². The Kier molecular flexibility index (Phi) is 6.21. The van der Waals surface area contributed by atoms with Crippen LogP contribution in [0.25, 0.3) is 0 Å². The molecule has 1 heterocycles. The molecule has 2 atom stereocenters. The van der Waals surface area contributed by atoms with Crippen LogP contribution >= 0.6 is 0 Å². The van der Waals surface area contributed by atoms with E-state index < -0.39 is 0 Å². The van der Waals surface area contributed by atoms with Crippen molar-refractivity contribution in [2.75, 3.05) is 18.3 Å². The maximum Gasteiger partial charge on any atom is 0.0780 e. The van der Waals surface area contributed by atoms with Crippen molar-refractivity contribution >= 4 is 5.69 Å². The lowest BCUT2D eigenvalue weighted by Crippen LogP contribution is -2.32. The van der Waals surface area contributed by atoms with Gasteiger partial charge in [-0.2, -0.15) is 0 Å². The molecule has 2 aromatic rings. The van der Waals surface area contributed by atoms with Gasteiger partial charge in [-0.3, -0.25) is 9.82 Å². The van der Waals surface area contributed by atoms with Gasteiger partial charge in [-0.1, -0.05) is 31.0 Å². The number of hydrogen-bond donors (Lipinski definition) is 1. The number of rotatable bonds is 7. The number of nitrogens with zero attached hydrogens (tertiary/aromatic N) is 2. The second-order valence-corrected chi connectivity index (χ2v) is 6.51. The Bertz CT molecular complexity index is 591. The molecule has 1 aromatic carbocycles. The summed E-state index contributed by atoms with van der Waals surface area (Å²) >= 11 is 0. The van der Waals surface area contributed by atoms with Crippen molar-refractivity contribution in [3.8, 4) is 0 Å². The van der Waals surface area contributed by atoms with E-state index in [2.05, 4.69) is 17.1 Å². The van der Waals surface area contributed by atoms with E-state index in [0.717, 1.165) is 24.1 Å². The molecule has 4 heteroatoms. The highest BCUT2D eigenvalue weighted by atomic mass is 16.7. The summed E-state index contributed by atoms with van der Waals surface area (Å²) in [5, 5.41) is 11.6. The quantitative estimate of drug-likeness (QED) is 0.786. The zero-order chi connectivity index (χ0) is 16.6. The summed E-state index contributed by atoms with van der Waals surface area (Å²) in [6, 6.07) is 14.2. The van der Waals surface area contributed by atoms with Crippen LogP contribution in [0.3, 0.4) is 0 Å². The van der Waals surface area contributed by atoms with Crippen LogP contribution in [0.2, 0.25) is 0 Å². The van der Waals surface area contributed by atoms with E-state index in [0.29, 0.717) is 25.0 Å². The fraction of sp³-hybridized carbons (Fsp3) is 0.450. The van der Waals surface area contributed by atoms with Gasteiger partial charge in [0.2, 0.25) is 0 Å². The SMILES string of the molecule is OCC1CCCCC1CON(Cc1ccncc1)c1ccccc1. The number of aliphatic hydroxyl groups is 1. The van der Waals surface area contributed by atoms with E-state index in [1.807, 2.05) is 35.4 Å². The van der Waals surface area contributed by atoms with Gasteiger partial charge >= 0.3 is 0 Å². The summed E-state index contributed by atoms with van der Waals surface area (Å²) in [6.07, 6.45) is 8.33. The average molecular weight is 326 g/mol. The summed E-state index contributed by atoms with van der Waals surface area (Å²) in [6.45, 7) is 1.61. The number of para-hydroxylation sites is 1. The lowest BCUT2D eigenvalue weighted by atomic mass is 9.80. The van der Waals surface area contributed by atoms with Gasteiger partial charge in [-0.05, 0) is 54.5 Å². The molecule has 0 amide bonds. The van der Waals surface area contributed by atoms with Gasteiger partial charge in [0, 0.05) is 19.0 Å². The molecule has 3 rings (SSSR count). The first-order valence-corrected chi connectivity index (χ1v) is 8.82. The average Bonchev–Trinajstić information content (AvgIpc) is 2.67. The molecular weight excluding hydrogens is 300 g/mol. The molecule has 24 heavy (non-hydrogen) atoms. The fourth-order valence-corrected chi connectivity index (χ4v) is 3.39. The monoisotopic (exact) mass is 326 g/mol. The van der Waals surface area contributed by atoms with Crippen LogP contribution in [0.1, 0.15) is 31.2 Å². The zero-order valence-corrected chi connectivity index (χ0v) is 14.1. The normalized spacial score (nSPS) is 20.7. The molecule has 2 unspecified atom stereocenters. The molecule has 1 saturated carbocycles. The van der Waals surface area contributed by atoms with Gasteiger partial charge in [0.05, 0.1) is 18.8 Å². The second kappa shape index (κ2) is 8.81. The van der Waals surface area contributed by atoms with Crippen molar-refractivity contribution in [2.45, 2.75) is 32.2 Å². The summed E-state index contributed by atoms with van der Waals surface area (Å²) in [5.41, 5.74) is 2.21. The number of hydrogen-bond acceptors (Lipinski definition) is 4. The van der Waals surface area contributed by atoms with Crippen LogP contribution in [0.15, 0.2) is 54.9 Å². The molecule has 0 saturated heterocycles. The Morgan fingerprint density at radius 3 is 2.42 bits per heavy atom. The third kappa shape index (κ3) is 4.56. The van der Waals surface area contributed by atoms with Crippen LogP contribution in [0, 0.1) is 11.8 Å². The topological polar surface area (TPSA) is 45.6 Å². The lowest BCUT2D eigenvalue weighted by molar-refractivity contribution is 0.0238. The molecule has 0 aliphatic heterocycles. The fourth-order valence-electron chi connectivity index (χ4n) is 3.39. The van der Waals surface area contributed by atoms with Gasteiger partial charge in [0.25, 0.3) is 0 Å². The molecule has 0 radical (unpaired) electrons. The first-order valence-electron chi connectivity index (χ1n) is 8.82. The molecule has 1 aromatic heterocycles. The van der Waals surface area contributed by atoms with E-state index in [4.69, 9.17) is 4.84 Å². The van der Waals surface area contributed by atoms with Gasteiger partial charge in [0.15, 0.2) is 0 Å². The van der Waals surface area contributed by atoms with E-state index >= 15 is 0 Å². The Labute approximate surface area is 144 Å². The minimum absolute atomic E-state index is 0.268. The van der Waals surface area contributed by atoms with E-state index in [9.17, 15) is 5.11 Å². The molecular formula is C20H26N2O2. The summed E-state index contributed by atoms with van der Waals surface area (Å²) in [7, 11) is 0. The molecule has 0 bridgehead atoms. The van der Waals surface area contributed by atoms with Crippen molar-refractivity contribution in [3.63, 3.8) is 0 Å². The van der Waals surface area contributed by atoms with Gasteiger partial charge in [-0.25, -0.2) is 5.06 Å². The van der Waals surface area contributed by atoms with E-state index in [-0.39, 0.29) is 6.61 Å². The highest BCUT2D eigenvalue weighted by Crippen LogP contribution is 2.30. The number of benzene rings is 1. The first kappa shape index (κ1) is 16.9. The summed E-state index contributed by atoms with van der Waals surface area (Å²) in [5.74, 6) is 0.810. The third-order valence-electron chi connectivity index (χ3n) is 4.87. The molecule has 1 aliphatic carbocycles. The molecule has 1 N–H and O–H groups in total. The van der Waals surface area contributed by atoms with Gasteiger partial charge in [-0.15, -0.1) is 0 Å². The van der Waals surface area contributed by atoms with Crippen molar-refractivity contribution < 1.29 is 9.94 Å². The van der Waals surface area contributed by atoms with Gasteiger partial charge in [0.1, 0.15) is 0 Å². The van der Waals surface area contributed by atoms with Crippen LogP contribution in [-0.4, -0.2) is 23.3 Å². The standard InChI is InChI=1S/C20H26N2O2/c23-15-18-6-4-5-7-19(18)16-24-22(20-8-2-1-3-9-20)14-17-10-12-21-13-11-17/h1-3,8-13,18-19,23H,4-7,14-16H2. The van der Waals surface area contributed by atoms with Crippen molar-refractivity contribution in [3.05, 3.63) is 60.4 Å². The van der Waals surface area contributed by atoms with Crippen LogP contribution in [-0.2, 0) is 11.4 Å². The molecule has 4 nitrogen and oxygen atoms in total. The largest absolute Gasteiger partial charge is 0.396 e. The Balaban J connectivity index is 1.68. The number of anilines is 1. The number of aliphatic hydroxyl groups excluding tert-OH is 1. The van der Waals surface area contributed by atoms with Crippen molar-refractivity contribution in [1.82, 2.24) is 4.98 Å². The highest BCUT2D eigenvalue weighted by molar-refractivity contribution is 5.43. The number of aromatic nitrogens is 1. The lowest BCUT2D eigenvalue weighted by Gasteiger charge is -2.32. The Hall–Kier alpha value is -1.91. The third-order valence-corrected chi connectivity index (χ3v) is 4.87. The maximum atomic E-state index is 9.60. The smallest absolute Gasteiger partial charge is 0.0780 e. The predicted octanol–water partition coefficient (Wildman–Crippen LogP) is 3.82. The highest BCUT2D eigenvalue weighted by Gasteiger charge is 2.25. The molecule has 1 fully saturated rings. The van der Waals surface area contributed by atoms with E-state index in [1.54, 1.807) is 12.4 Å². The predicted molar refractivity (Wildman–Crippen MR) is 95.3 cm³/mol. The first-order chi connectivity index (χ1) is 11.9. The Morgan fingerprint density at radius 1 is 1.00 bits per heavy atom. The zero-order valence-electron chi connectivity index (χ0n) is 14.1. The van der Waals surface area contributed by atoms with E-state index in [1.165, 1.54) is 12.8 Å². The maximum absolute atomic E-state index is 9.60. The number of pyridine rings is 1. The van der Waals surface area contributed by atoms with Crippen LogP contribution in [0.4, 0.5) is 5.69 Å². The summed E-state index contributed by atoms with van der Waals surface area (Å²) in [4.78, 5) is 10.3. The Morgan fingerprint density at radius 2 is 1.71 bits per heavy atom. The van der Waals surface area contributed by atoms with Crippen LogP contribution in [0.5, 0.6) is 0 Å². The molecule has 0 spiro atoms. The van der Waals surface area contributed by atoms with Gasteiger partial charge < -0.3 is 5.11 Å². The second-order valence-electron chi connectivity index (χ2n) is 6.51. The molecule has 1 aliphatic rings. The summed E-state index contributed by atoms with van der Waals surface area (Å²) < 4.78 is 0. The van der Waals surface area contributed by atoms with Crippen molar-refractivity contribution in [1.29, 1.82) is 0 Å².